The van der Waals surface area contributed by atoms with Crippen molar-refractivity contribution in [2.75, 3.05) is 23.8 Å². The number of carbonyl (C=O) groups is 2. The van der Waals surface area contributed by atoms with Crippen molar-refractivity contribution in [1.29, 1.82) is 0 Å². The standard InChI is InChI=1S/C24H24N4O3S/c1-2-31-14-7-13-28-20-11-4-3-10-19(20)26-24(28)27-22(29)17-8-5-9-18(16-17)25-23(30)21-12-6-15-32-21/h3-6,8-12,15-16H,2,7,13-14H2,1H3,(H,25,30)(H,26,27,29). The number of nitrogens with one attached hydrogen (secondary N) is 2. The monoisotopic (exact) mass is 448 g/mol. The van der Waals surface area contributed by atoms with Crippen LogP contribution >= 0.6 is 11.3 Å². The first kappa shape index (κ1) is 21.7. The summed E-state index contributed by atoms with van der Waals surface area (Å²) in [4.78, 5) is 30.5. The Bertz CT molecular complexity index is 1220. The second-order valence-corrected chi connectivity index (χ2v) is 8.04. The van der Waals surface area contributed by atoms with Gasteiger partial charge in [-0.15, -0.1) is 11.3 Å². The van der Waals surface area contributed by atoms with Crippen LogP contribution in [0.25, 0.3) is 11.0 Å². The van der Waals surface area contributed by atoms with E-state index in [0.717, 1.165) is 17.5 Å². The maximum absolute atomic E-state index is 13.0. The lowest BCUT2D eigenvalue weighted by molar-refractivity contribution is 0.101. The molecule has 0 spiro atoms. The second kappa shape index (κ2) is 10.2. The van der Waals surface area contributed by atoms with E-state index in [2.05, 4.69) is 15.6 Å². The molecule has 4 rings (SSSR count). The summed E-state index contributed by atoms with van der Waals surface area (Å²) >= 11 is 1.36. The van der Waals surface area contributed by atoms with Gasteiger partial charge in [0.1, 0.15) is 0 Å². The molecule has 8 heteroatoms. The molecule has 32 heavy (non-hydrogen) atoms. The number of carbonyl (C=O) groups excluding carboxylic acids is 2. The molecule has 0 aliphatic carbocycles. The summed E-state index contributed by atoms with van der Waals surface area (Å²) in [6.07, 6.45) is 0.807. The summed E-state index contributed by atoms with van der Waals surface area (Å²) < 4.78 is 7.45. The minimum absolute atomic E-state index is 0.200. The number of aromatic nitrogens is 2. The minimum Gasteiger partial charge on any atom is -0.382 e. The molecule has 2 heterocycles. The number of ether oxygens (including phenoxy) is 1. The van der Waals surface area contributed by atoms with Gasteiger partial charge in [0.2, 0.25) is 5.95 Å². The number of anilines is 2. The van der Waals surface area contributed by atoms with E-state index in [-0.39, 0.29) is 11.8 Å². The van der Waals surface area contributed by atoms with E-state index in [1.807, 2.05) is 47.2 Å². The molecule has 2 amide bonds. The van der Waals surface area contributed by atoms with Crippen molar-refractivity contribution in [2.24, 2.45) is 0 Å². The molecule has 164 valence electrons. The van der Waals surface area contributed by atoms with Gasteiger partial charge in [-0.1, -0.05) is 24.3 Å². The van der Waals surface area contributed by atoms with Crippen molar-refractivity contribution in [2.45, 2.75) is 19.9 Å². The Balaban J connectivity index is 1.51. The molecule has 7 nitrogen and oxygen atoms in total. The summed E-state index contributed by atoms with van der Waals surface area (Å²) in [6.45, 7) is 3.96. The number of amides is 2. The molecule has 0 aliphatic rings. The second-order valence-electron chi connectivity index (χ2n) is 7.09. The van der Waals surface area contributed by atoms with E-state index in [1.165, 1.54) is 11.3 Å². The van der Waals surface area contributed by atoms with Crippen LogP contribution in [0.5, 0.6) is 0 Å². The molecule has 0 bridgehead atoms. The fourth-order valence-electron chi connectivity index (χ4n) is 3.38. The smallest absolute Gasteiger partial charge is 0.265 e. The maximum atomic E-state index is 13.0. The van der Waals surface area contributed by atoms with Crippen LogP contribution < -0.4 is 10.6 Å². The normalized spacial score (nSPS) is 10.9. The van der Waals surface area contributed by atoms with Crippen molar-refractivity contribution in [1.82, 2.24) is 9.55 Å². The zero-order chi connectivity index (χ0) is 22.3. The number of nitrogens with zero attached hydrogens (tertiary/aromatic N) is 2. The Kier molecular flexibility index (Phi) is 6.94. The van der Waals surface area contributed by atoms with Gasteiger partial charge in [0.05, 0.1) is 15.9 Å². The summed E-state index contributed by atoms with van der Waals surface area (Å²) in [5.74, 6) is -0.00652. The van der Waals surface area contributed by atoms with Crippen molar-refractivity contribution in [3.8, 4) is 0 Å². The van der Waals surface area contributed by atoms with Crippen LogP contribution in [0.15, 0.2) is 66.0 Å². The first-order valence-electron chi connectivity index (χ1n) is 10.4. The molecular formula is C24H24N4O3S. The van der Waals surface area contributed by atoms with Crippen LogP contribution in [0.1, 0.15) is 33.4 Å². The molecule has 0 unspecified atom stereocenters. The number of rotatable bonds is 9. The van der Waals surface area contributed by atoms with Gasteiger partial charge < -0.3 is 14.6 Å². The predicted octanol–water partition coefficient (Wildman–Crippen LogP) is 5.03. The lowest BCUT2D eigenvalue weighted by Crippen LogP contribution is -2.17. The molecule has 0 radical (unpaired) electrons. The van der Waals surface area contributed by atoms with Gasteiger partial charge in [-0.3, -0.25) is 14.9 Å². The highest BCUT2D eigenvalue weighted by atomic mass is 32.1. The fraction of sp³-hybridized carbons (Fsp3) is 0.208. The number of aryl methyl sites for hydroxylation is 1. The first-order valence-corrected chi connectivity index (χ1v) is 11.3. The summed E-state index contributed by atoms with van der Waals surface area (Å²) in [7, 11) is 0. The third-order valence-electron chi connectivity index (χ3n) is 4.88. The quantitative estimate of drug-likeness (QED) is 0.352. The first-order chi connectivity index (χ1) is 15.7. The molecule has 0 atom stereocenters. The Hall–Kier alpha value is -3.49. The van der Waals surface area contributed by atoms with Crippen LogP contribution in [-0.4, -0.2) is 34.6 Å². The number of thiophene rings is 1. The van der Waals surface area contributed by atoms with Crippen LogP contribution in [0.2, 0.25) is 0 Å². The van der Waals surface area contributed by atoms with Gasteiger partial charge in [0.15, 0.2) is 0 Å². The molecule has 2 aromatic heterocycles. The SMILES string of the molecule is CCOCCCn1c(NC(=O)c2cccc(NC(=O)c3cccs3)c2)nc2ccccc21. The minimum atomic E-state index is -0.293. The van der Waals surface area contributed by atoms with Gasteiger partial charge in [0.25, 0.3) is 11.8 Å². The van der Waals surface area contributed by atoms with Crippen molar-refractivity contribution >= 4 is 45.8 Å². The van der Waals surface area contributed by atoms with Crippen LogP contribution in [-0.2, 0) is 11.3 Å². The molecule has 4 aromatic rings. The number of hydrogen-bond acceptors (Lipinski definition) is 5. The van der Waals surface area contributed by atoms with E-state index in [1.54, 1.807) is 30.3 Å². The van der Waals surface area contributed by atoms with Gasteiger partial charge >= 0.3 is 0 Å². The van der Waals surface area contributed by atoms with Gasteiger partial charge in [-0.2, -0.15) is 0 Å². The lowest BCUT2D eigenvalue weighted by Gasteiger charge is -2.11. The summed E-state index contributed by atoms with van der Waals surface area (Å²) in [5.41, 5.74) is 2.76. The van der Waals surface area contributed by atoms with Crippen molar-refractivity contribution < 1.29 is 14.3 Å². The Morgan fingerprint density at radius 1 is 1.03 bits per heavy atom. The average Bonchev–Trinajstić information content (AvgIpc) is 3.45. The largest absolute Gasteiger partial charge is 0.382 e. The number of para-hydroxylation sites is 2. The van der Waals surface area contributed by atoms with Crippen LogP contribution in [0.3, 0.4) is 0 Å². The van der Waals surface area contributed by atoms with Gasteiger partial charge in [-0.05, 0) is 55.1 Å². The summed E-state index contributed by atoms with van der Waals surface area (Å²) in [6, 6.07) is 18.2. The topological polar surface area (TPSA) is 85.2 Å². The average molecular weight is 449 g/mol. The van der Waals surface area contributed by atoms with E-state index < -0.39 is 0 Å². The third kappa shape index (κ3) is 5.04. The molecule has 0 saturated heterocycles. The molecule has 2 aromatic carbocycles. The zero-order valence-corrected chi connectivity index (χ0v) is 18.5. The lowest BCUT2D eigenvalue weighted by atomic mass is 10.2. The maximum Gasteiger partial charge on any atom is 0.265 e. The molecule has 0 saturated carbocycles. The zero-order valence-electron chi connectivity index (χ0n) is 17.7. The number of benzene rings is 2. The summed E-state index contributed by atoms with van der Waals surface area (Å²) in [5, 5.41) is 7.61. The number of imidazole rings is 1. The van der Waals surface area contributed by atoms with E-state index >= 15 is 0 Å². The highest BCUT2D eigenvalue weighted by Gasteiger charge is 2.15. The Labute approximate surface area is 190 Å². The predicted molar refractivity (Wildman–Crippen MR) is 128 cm³/mol. The fourth-order valence-corrected chi connectivity index (χ4v) is 4.00. The molecular weight excluding hydrogens is 424 g/mol. The molecule has 0 fully saturated rings. The van der Waals surface area contributed by atoms with E-state index in [0.29, 0.717) is 41.8 Å². The molecule has 0 aliphatic heterocycles. The van der Waals surface area contributed by atoms with Crippen molar-refractivity contribution in [3.63, 3.8) is 0 Å². The third-order valence-corrected chi connectivity index (χ3v) is 5.75. The van der Waals surface area contributed by atoms with E-state index in [9.17, 15) is 9.59 Å². The highest BCUT2D eigenvalue weighted by Crippen LogP contribution is 2.21. The van der Waals surface area contributed by atoms with Crippen molar-refractivity contribution in [3.05, 3.63) is 76.5 Å². The Morgan fingerprint density at radius 3 is 2.72 bits per heavy atom. The van der Waals surface area contributed by atoms with E-state index in [4.69, 9.17) is 4.74 Å². The number of hydrogen-bond donors (Lipinski definition) is 2. The van der Waals surface area contributed by atoms with Crippen LogP contribution in [0.4, 0.5) is 11.6 Å². The highest BCUT2D eigenvalue weighted by molar-refractivity contribution is 7.12. The molecule has 2 N–H and O–H groups in total. The van der Waals surface area contributed by atoms with Gasteiger partial charge in [-0.25, -0.2) is 4.98 Å². The number of fused-ring (bicyclic) bond motifs is 1. The van der Waals surface area contributed by atoms with Gasteiger partial charge in [0, 0.05) is 31.0 Å². The van der Waals surface area contributed by atoms with Crippen LogP contribution in [0, 0.1) is 0 Å². The Morgan fingerprint density at radius 2 is 1.91 bits per heavy atom.